The molecule has 1 amide bonds. The van der Waals surface area contributed by atoms with Crippen LogP contribution in [0.1, 0.15) is 10.4 Å². The first kappa shape index (κ1) is 11.9. The fourth-order valence-electron chi connectivity index (χ4n) is 1.55. The van der Waals surface area contributed by atoms with Crippen LogP contribution in [0.25, 0.3) is 5.82 Å². The zero-order chi connectivity index (χ0) is 13.8. The summed E-state index contributed by atoms with van der Waals surface area (Å²) in [6.07, 6.45) is 7.33. The van der Waals surface area contributed by atoms with Gasteiger partial charge in [0, 0.05) is 18.5 Å². The lowest BCUT2D eigenvalue weighted by atomic mass is 10.3. The van der Waals surface area contributed by atoms with Crippen molar-refractivity contribution < 1.29 is 4.79 Å². The maximum atomic E-state index is 12.0. The molecule has 0 aliphatic carbocycles. The van der Waals surface area contributed by atoms with Crippen molar-refractivity contribution in [2.24, 2.45) is 0 Å². The van der Waals surface area contributed by atoms with E-state index < -0.39 is 0 Å². The summed E-state index contributed by atoms with van der Waals surface area (Å²) in [6, 6.07) is 4.96. The van der Waals surface area contributed by atoms with E-state index in [4.69, 9.17) is 0 Å². The first-order valence-corrected chi connectivity index (χ1v) is 5.71. The highest BCUT2D eigenvalue weighted by Crippen LogP contribution is 2.08. The number of nitrogens with zero attached hydrogens (tertiary/aromatic N) is 6. The Hall–Kier alpha value is -3.16. The van der Waals surface area contributed by atoms with Crippen molar-refractivity contribution in [1.29, 1.82) is 0 Å². The summed E-state index contributed by atoms with van der Waals surface area (Å²) in [6.45, 7) is 0. The molecule has 3 aromatic heterocycles. The molecule has 0 saturated carbocycles. The molecule has 3 heterocycles. The van der Waals surface area contributed by atoms with Crippen LogP contribution in [0.2, 0.25) is 0 Å². The van der Waals surface area contributed by atoms with Gasteiger partial charge in [0.2, 0.25) is 0 Å². The van der Waals surface area contributed by atoms with Crippen LogP contribution >= 0.6 is 0 Å². The minimum Gasteiger partial charge on any atom is -0.306 e. The van der Waals surface area contributed by atoms with Crippen LogP contribution in [-0.4, -0.2) is 35.6 Å². The molecule has 0 unspecified atom stereocenters. The number of aromatic nitrogens is 6. The van der Waals surface area contributed by atoms with E-state index in [-0.39, 0.29) is 5.91 Å². The summed E-state index contributed by atoms with van der Waals surface area (Å²) in [4.78, 5) is 27.7. The molecule has 0 radical (unpaired) electrons. The SMILES string of the molecule is O=C(Nc1cc(-n2cncn2)ncn1)c1cccnc1. The second kappa shape index (κ2) is 5.22. The number of amides is 1. The number of hydrogen-bond acceptors (Lipinski definition) is 6. The van der Waals surface area contributed by atoms with Crippen molar-refractivity contribution in [3.8, 4) is 5.82 Å². The topological polar surface area (TPSA) is 98.5 Å². The Morgan fingerprint density at radius 2 is 2.15 bits per heavy atom. The predicted molar refractivity (Wildman–Crippen MR) is 69.1 cm³/mol. The van der Waals surface area contributed by atoms with Gasteiger partial charge in [0.05, 0.1) is 5.56 Å². The molecule has 3 rings (SSSR count). The Bertz CT molecular complexity index is 712. The minimum absolute atomic E-state index is 0.290. The van der Waals surface area contributed by atoms with Gasteiger partial charge in [0.15, 0.2) is 5.82 Å². The predicted octanol–water partition coefficient (Wildman–Crippen LogP) is 0.705. The third kappa shape index (κ3) is 2.48. The molecule has 8 heteroatoms. The molecule has 0 atom stereocenters. The molecule has 0 bridgehead atoms. The number of anilines is 1. The van der Waals surface area contributed by atoms with E-state index in [1.807, 2.05) is 0 Å². The van der Waals surface area contributed by atoms with Gasteiger partial charge in [-0.2, -0.15) is 5.10 Å². The van der Waals surface area contributed by atoms with Crippen LogP contribution in [0, 0.1) is 0 Å². The molecule has 0 aliphatic heterocycles. The van der Waals surface area contributed by atoms with Gasteiger partial charge in [0.1, 0.15) is 24.8 Å². The number of carbonyl (C=O) groups is 1. The first-order chi connectivity index (χ1) is 9.83. The molecule has 0 aromatic carbocycles. The zero-order valence-corrected chi connectivity index (χ0v) is 10.2. The Balaban J connectivity index is 1.82. The third-order valence-corrected chi connectivity index (χ3v) is 2.47. The maximum absolute atomic E-state index is 12.0. The molecule has 3 aromatic rings. The standard InChI is InChI=1S/C12H9N7O/c20-12(9-2-1-3-13-5-9)18-10-4-11(16-7-15-10)19-8-14-6-17-19/h1-8H,(H,15,16,18,20). The molecule has 1 N–H and O–H groups in total. The first-order valence-electron chi connectivity index (χ1n) is 5.71. The highest BCUT2D eigenvalue weighted by atomic mass is 16.1. The van der Waals surface area contributed by atoms with E-state index >= 15 is 0 Å². The molecule has 98 valence electrons. The molecular weight excluding hydrogens is 258 g/mol. The second-order valence-corrected chi connectivity index (χ2v) is 3.80. The zero-order valence-electron chi connectivity index (χ0n) is 10.2. The van der Waals surface area contributed by atoms with Crippen LogP contribution in [0.3, 0.4) is 0 Å². The summed E-state index contributed by atoms with van der Waals surface area (Å²) in [5, 5.41) is 6.63. The molecule has 0 saturated heterocycles. The fourth-order valence-corrected chi connectivity index (χ4v) is 1.55. The average molecular weight is 267 g/mol. The Morgan fingerprint density at radius 1 is 1.20 bits per heavy atom. The van der Waals surface area contributed by atoms with Crippen molar-refractivity contribution in [2.75, 3.05) is 5.32 Å². The van der Waals surface area contributed by atoms with E-state index in [9.17, 15) is 4.79 Å². The van der Waals surface area contributed by atoms with Crippen molar-refractivity contribution in [3.63, 3.8) is 0 Å². The van der Waals surface area contributed by atoms with E-state index in [0.29, 0.717) is 17.2 Å². The summed E-state index contributed by atoms with van der Waals surface area (Å²) >= 11 is 0. The Labute approximate surface area is 113 Å². The normalized spacial score (nSPS) is 10.2. The molecular formula is C12H9N7O. The number of hydrogen-bond donors (Lipinski definition) is 1. The van der Waals surface area contributed by atoms with E-state index in [2.05, 4.69) is 30.4 Å². The minimum atomic E-state index is -0.290. The van der Waals surface area contributed by atoms with Crippen LogP contribution in [-0.2, 0) is 0 Å². The van der Waals surface area contributed by atoms with Gasteiger partial charge < -0.3 is 5.32 Å². The lowest BCUT2D eigenvalue weighted by Crippen LogP contribution is -2.13. The quantitative estimate of drug-likeness (QED) is 0.750. The third-order valence-electron chi connectivity index (χ3n) is 2.47. The molecule has 0 spiro atoms. The number of pyridine rings is 1. The van der Waals surface area contributed by atoms with Gasteiger partial charge in [-0.05, 0) is 12.1 Å². The number of nitrogens with one attached hydrogen (secondary N) is 1. The highest BCUT2D eigenvalue weighted by Gasteiger charge is 2.08. The lowest BCUT2D eigenvalue weighted by molar-refractivity contribution is 0.102. The van der Waals surface area contributed by atoms with E-state index in [1.54, 1.807) is 24.4 Å². The summed E-state index contributed by atoms with van der Waals surface area (Å²) in [5.41, 5.74) is 0.452. The largest absolute Gasteiger partial charge is 0.306 e. The van der Waals surface area contributed by atoms with Crippen molar-refractivity contribution >= 4 is 11.7 Å². The summed E-state index contributed by atoms with van der Waals surface area (Å²) in [7, 11) is 0. The number of carbonyl (C=O) groups excluding carboxylic acids is 1. The fraction of sp³-hybridized carbons (Fsp3) is 0. The number of rotatable bonds is 3. The Kier molecular flexibility index (Phi) is 3.11. The van der Waals surface area contributed by atoms with Crippen molar-refractivity contribution in [3.05, 3.63) is 55.1 Å². The summed E-state index contributed by atoms with van der Waals surface area (Å²) in [5.74, 6) is 0.597. The maximum Gasteiger partial charge on any atom is 0.258 e. The van der Waals surface area contributed by atoms with Crippen molar-refractivity contribution in [1.82, 2.24) is 29.7 Å². The van der Waals surface area contributed by atoms with Crippen LogP contribution < -0.4 is 5.32 Å². The van der Waals surface area contributed by atoms with Gasteiger partial charge in [-0.3, -0.25) is 9.78 Å². The average Bonchev–Trinajstić information content (AvgIpc) is 3.03. The van der Waals surface area contributed by atoms with Crippen molar-refractivity contribution in [2.45, 2.75) is 0 Å². The van der Waals surface area contributed by atoms with Gasteiger partial charge in [-0.15, -0.1) is 0 Å². The van der Waals surface area contributed by atoms with Gasteiger partial charge in [-0.25, -0.2) is 19.6 Å². The second-order valence-electron chi connectivity index (χ2n) is 3.80. The van der Waals surface area contributed by atoms with E-state index in [0.717, 1.165) is 0 Å². The van der Waals surface area contributed by atoms with Gasteiger partial charge in [0.25, 0.3) is 5.91 Å². The van der Waals surface area contributed by atoms with Crippen LogP contribution in [0.15, 0.2) is 49.6 Å². The molecule has 20 heavy (non-hydrogen) atoms. The molecule has 8 nitrogen and oxygen atoms in total. The van der Waals surface area contributed by atoms with Gasteiger partial charge >= 0.3 is 0 Å². The van der Waals surface area contributed by atoms with E-state index in [1.165, 1.54) is 29.9 Å². The Morgan fingerprint density at radius 3 is 2.90 bits per heavy atom. The smallest absolute Gasteiger partial charge is 0.258 e. The highest BCUT2D eigenvalue weighted by molar-refractivity contribution is 6.03. The van der Waals surface area contributed by atoms with Gasteiger partial charge in [-0.1, -0.05) is 0 Å². The molecule has 0 aliphatic rings. The van der Waals surface area contributed by atoms with Crippen LogP contribution in [0.4, 0.5) is 5.82 Å². The molecule has 0 fully saturated rings. The monoisotopic (exact) mass is 267 g/mol. The summed E-state index contributed by atoms with van der Waals surface area (Å²) < 4.78 is 1.47. The van der Waals surface area contributed by atoms with Crippen LogP contribution in [0.5, 0.6) is 0 Å². The lowest BCUT2D eigenvalue weighted by Gasteiger charge is -2.05.